The molecular weight excluding hydrogens is 319 g/mol. The first-order valence-electron chi connectivity index (χ1n) is 5.54. The van der Waals surface area contributed by atoms with Crippen molar-refractivity contribution in [2.45, 2.75) is 4.90 Å². The summed E-state index contributed by atoms with van der Waals surface area (Å²) in [4.78, 5) is 2.27. The van der Waals surface area contributed by atoms with E-state index in [4.69, 9.17) is 23.2 Å². The molecule has 0 saturated carbocycles. The fraction of sp³-hybridized carbons (Fsp3) is 0. The summed E-state index contributed by atoms with van der Waals surface area (Å²) in [5, 5.41) is 4.50. The first-order valence-corrected chi connectivity index (χ1v) is 7.78. The van der Waals surface area contributed by atoms with Crippen molar-refractivity contribution in [3.63, 3.8) is 0 Å². The Labute approximate surface area is 127 Å². The molecular formula is C13H10Cl2N2O2S. The predicted octanol–water partition coefficient (Wildman–Crippen LogP) is 3.31. The molecule has 20 heavy (non-hydrogen) atoms. The highest BCUT2D eigenvalue weighted by Gasteiger charge is 2.10. The van der Waals surface area contributed by atoms with E-state index in [0.717, 1.165) is 0 Å². The summed E-state index contributed by atoms with van der Waals surface area (Å²) in [6.45, 7) is 0. The van der Waals surface area contributed by atoms with Gasteiger partial charge in [-0.3, -0.25) is 0 Å². The molecule has 1 N–H and O–H groups in total. The molecule has 0 spiro atoms. The number of nitrogens with one attached hydrogen (secondary N) is 1. The Morgan fingerprint density at radius 2 is 1.70 bits per heavy atom. The van der Waals surface area contributed by atoms with Crippen molar-refractivity contribution in [1.82, 2.24) is 4.83 Å². The lowest BCUT2D eigenvalue weighted by atomic mass is 10.2. The molecule has 4 nitrogen and oxygen atoms in total. The predicted molar refractivity (Wildman–Crippen MR) is 80.8 cm³/mol. The molecule has 0 amide bonds. The molecule has 0 bridgehead atoms. The number of hydrogen-bond acceptors (Lipinski definition) is 3. The van der Waals surface area contributed by atoms with Gasteiger partial charge in [0.2, 0.25) is 0 Å². The Morgan fingerprint density at radius 3 is 2.35 bits per heavy atom. The summed E-state index contributed by atoms with van der Waals surface area (Å²) in [5.74, 6) is 0. The smallest absolute Gasteiger partial charge is 0.200 e. The number of hydrogen-bond donors (Lipinski definition) is 1. The van der Waals surface area contributed by atoms with E-state index in [2.05, 4.69) is 9.93 Å². The Kier molecular flexibility index (Phi) is 4.65. The van der Waals surface area contributed by atoms with Crippen LogP contribution in [-0.4, -0.2) is 14.6 Å². The maximum atomic E-state index is 11.9. The molecule has 0 heterocycles. The van der Waals surface area contributed by atoms with Crippen molar-refractivity contribution < 1.29 is 8.42 Å². The van der Waals surface area contributed by atoms with E-state index in [1.165, 1.54) is 18.3 Å². The fourth-order valence-electron chi connectivity index (χ4n) is 1.42. The van der Waals surface area contributed by atoms with Gasteiger partial charge in [-0.25, -0.2) is 4.83 Å². The molecule has 2 aromatic carbocycles. The molecule has 104 valence electrons. The minimum atomic E-state index is -3.66. The summed E-state index contributed by atoms with van der Waals surface area (Å²) in [5.41, 5.74) is 0.634. The number of nitrogens with zero attached hydrogens (tertiary/aromatic N) is 1. The van der Waals surface area contributed by atoms with E-state index >= 15 is 0 Å². The maximum absolute atomic E-state index is 11.9. The van der Waals surface area contributed by atoms with Crippen LogP contribution in [0.25, 0.3) is 0 Å². The number of hydrazone groups is 1. The van der Waals surface area contributed by atoms with E-state index in [0.29, 0.717) is 15.6 Å². The van der Waals surface area contributed by atoms with Crippen LogP contribution in [0.4, 0.5) is 0 Å². The SMILES string of the molecule is O=S(=O)(N/N=C\c1ccc(Cl)c(Cl)c1)c1ccccc1. The van der Waals surface area contributed by atoms with E-state index in [9.17, 15) is 8.42 Å². The first-order chi connectivity index (χ1) is 9.49. The number of rotatable bonds is 4. The van der Waals surface area contributed by atoms with E-state index in [1.54, 1.807) is 36.4 Å². The lowest BCUT2D eigenvalue weighted by Crippen LogP contribution is -2.18. The molecule has 2 rings (SSSR count). The summed E-state index contributed by atoms with van der Waals surface area (Å²) in [7, 11) is -3.66. The fourth-order valence-corrected chi connectivity index (χ4v) is 2.53. The van der Waals surface area contributed by atoms with Gasteiger partial charge in [0.15, 0.2) is 0 Å². The molecule has 0 aromatic heterocycles. The van der Waals surface area contributed by atoms with Gasteiger partial charge in [0, 0.05) is 0 Å². The van der Waals surface area contributed by atoms with E-state index < -0.39 is 10.0 Å². The molecule has 0 saturated heterocycles. The Morgan fingerprint density at radius 1 is 1.00 bits per heavy atom. The lowest BCUT2D eigenvalue weighted by Gasteiger charge is -2.02. The van der Waals surface area contributed by atoms with Crippen LogP contribution < -0.4 is 4.83 Å². The molecule has 0 aliphatic heterocycles. The lowest BCUT2D eigenvalue weighted by molar-refractivity contribution is 0.584. The van der Waals surface area contributed by atoms with Crippen LogP contribution in [0.5, 0.6) is 0 Å². The molecule has 0 atom stereocenters. The van der Waals surface area contributed by atoms with Crippen LogP contribution in [0.15, 0.2) is 58.5 Å². The number of sulfonamides is 1. The van der Waals surface area contributed by atoms with Crippen molar-refractivity contribution in [2.24, 2.45) is 5.10 Å². The molecule has 0 radical (unpaired) electrons. The van der Waals surface area contributed by atoms with Gasteiger partial charge in [0.1, 0.15) is 0 Å². The van der Waals surface area contributed by atoms with Crippen LogP contribution in [0, 0.1) is 0 Å². The largest absolute Gasteiger partial charge is 0.276 e. The van der Waals surface area contributed by atoms with Crippen LogP contribution in [0.3, 0.4) is 0 Å². The van der Waals surface area contributed by atoms with Crippen molar-refractivity contribution >= 4 is 39.4 Å². The molecule has 0 unspecified atom stereocenters. The zero-order valence-electron chi connectivity index (χ0n) is 10.1. The van der Waals surface area contributed by atoms with Crippen LogP contribution >= 0.6 is 23.2 Å². The van der Waals surface area contributed by atoms with Gasteiger partial charge in [0.05, 0.1) is 21.2 Å². The van der Waals surface area contributed by atoms with Gasteiger partial charge in [0.25, 0.3) is 10.0 Å². The summed E-state index contributed by atoms with van der Waals surface area (Å²) < 4.78 is 23.7. The van der Waals surface area contributed by atoms with Gasteiger partial charge in [-0.05, 0) is 29.8 Å². The van der Waals surface area contributed by atoms with Gasteiger partial charge >= 0.3 is 0 Å². The van der Waals surface area contributed by atoms with Crippen molar-refractivity contribution in [2.75, 3.05) is 0 Å². The van der Waals surface area contributed by atoms with Crippen molar-refractivity contribution in [3.05, 3.63) is 64.1 Å². The average molecular weight is 329 g/mol. The molecule has 0 aliphatic carbocycles. The third kappa shape index (κ3) is 3.72. The minimum Gasteiger partial charge on any atom is -0.200 e. The highest BCUT2D eigenvalue weighted by molar-refractivity contribution is 7.89. The Bertz CT molecular complexity index is 731. The van der Waals surface area contributed by atoms with Gasteiger partial charge in [-0.1, -0.05) is 47.5 Å². The summed E-state index contributed by atoms with van der Waals surface area (Å²) in [6, 6.07) is 12.8. The highest BCUT2D eigenvalue weighted by atomic mass is 35.5. The normalized spacial score (nSPS) is 11.7. The second-order valence-electron chi connectivity index (χ2n) is 3.84. The van der Waals surface area contributed by atoms with Crippen LogP contribution in [-0.2, 0) is 10.0 Å². The monoisotopic (exact) mass is 328 g/mol. The Balaban J connectivity index is 2.12. The first kappa shape index (κ1) is 14.8. The quantitative estimate of drug-likeness (QED) is 0.691. The average Bonchev–Trinajstić information content (AvgIpc) is 2.44. The zero-order chi connectivity index (χ0) is 14.6. The zero-order valence-corrected chi connectivity index (χ0v) is 12.5. The van der Waals surface area contributed by atoms with Crippen LogP contribution in [0.1, 0.15) is 5.56 Å². The van der Waals surface area contributed by atoms with Gasteiger partial charge in [-0.15, -0.1) is 0 Å². The Hall–Kier alpha value is -1.56. The number of benzene rings is 2. The minimum absolute atomic E-state index is 0.145. The molecule has 0 aliphatic rings. The maximum Gasteiger partial charge on any atom is 0.276 e. The topological polar surface area (TPSA) is 58.5 Å². The van der Waals surface area contributed by atoms with E-state index in [-0.39, 0.29) is 4.90 Å². The van der Waals surface area contributed by atoms with Crippen molar-refractivity contribution in [1.29, 1.82) is 0 Å². The molecule has 0 fully saturated rings. The number of halogens is 2. The second kappa shape index (κ2) is 6.26. The van der Waals surface area contributed by atoms with Gasteiger partial charge in [-0.2, -0.15) is 13.5 Å². The molecule has 2 aromatic rings. The molecule has 7 heteroatoms. The second-order valence-corrected chi connectivity index (χ2v) is 6.31. The van der Waals surface area contributed by atoms with Crippen LogP contribution in [0.2, 0.25) is 10.0 Å². The standard InChI is InChI=1S/C13H10Cl2N2O2S/c14-12-7-6-10(8-13(12)15)9-16-17-20(18,19)11-4-2-1-3-5-11/h1-9,17H/b16-9-. The van der Waals surface area contributed by atoms with Crippen molar-refractivity contribution in [3.8, 4) is 0 Å². The van der Waals surface area contributed by atoms with E-state index in [1.807, 2.05) is 0 Å². The third-order valence-corrected chi connectivity index (χ3v) is 4.36. The summed E-state index contributed by atoms with van der Waals surface area (Å²) in [6.07, 6.45) is 1.35. The summed E-state index contributed by atoms with van der Waals surface area (Å²) >= 11 is 11.6. The third-order valence-electron chi connectivity index (χ3n) is 2.38. The van der Waals surface area contributed by atoms with Gasteiger partial charge < -0.3 is 0 Å². The highest BCUT2D eigenvalue weighted by Crippen LogP contribution is 2.21.